The second-order valence-electron chi connectivity index (χ2n) is 5.86. The topological polar surface area (TPSA) is 63.9 Å². The van der Waals surface area contributed by atoms with Crippen LogP contribution in [0.15, 0.2) is 42.2 Å². The Morgan fingerprint density at radius 1 is 1.38 bits per heavy atom. The molecule has 0 bridgehead atoms. The van der Waals surface area contributed by atoms with E-state index >= 15 is 0 Å². The zero-order valence-electron chi connectivity index (χ0n) is 13.3. The lowest BCUT2D eigenvalue weighted by molar-refractivity contribution is 0.0730. The number of hydrogen-bond donors (Lipinski definition) is 0. The Balaban J connectivity index is 1.58. The number of carbonyl (C=O) groups excluding carboxylic acids is 1. The molecule has 0 radical (unpaired) electrons. The Morgan fingerprint density at radius 3 is 3.04 bits per heavy atom. The number of likely N-dealkylation sites (tertiary alicyclic amines) is 1. The molecule has 1 saturated heterocycles. The van der Waals surface area contributed by atoms with Crippen LogP contribution in [0, 0.1) is 0 Å². The Morgan fingerprint density at radius 2 is 2.29 bits per heavy atom. The molecule has 24 heavy (non-hydrogen) atoms. The van der Waals surface area contributed by atoms with Gasteiger partial charge in [0.15, 0.2) is 0 Å². The van der Waals surface area contributed by atoms with Crippen molar-refractivity contribution >= 4 is 17.2 Å². The van der Waals surface area contributed by atoms with Crippen LogP contribution in [-0.4, -0.2) is 37.1 Å². The van der Waals surface area contributed by atoms with Crippen molar-refractivity contribution in [3.63, 3.8) is 0 Å². The van der Waals surface area contributed by atoms with Gasteiger partial charge in [-0.1, -0.05) is 6.07 Å². The number of aromatic nitrogens is 4. The van der Waals surface area contributed by atoms with Crippen molar-refractivity contribution < 1.29 is 4.79 Å². The fourth-order valence-corrected chi connectivity index (χ4v) is 3.86. The second kappa shape index (κ2) is 6.16. The second-order valence-corrected chi connectivity index (χ2v) is 6.71. The first-order valence-electron chi connectivity index (χ1n) is 7.89. The van der Waals surface area contributed by atoms with Gasteiger partial charge < -0.3 is 4.90 Å². The molecular formula is C17H17N5OS. The highest BCUT2D eigenvalue weighted by molar-refractivity contribution is 7.13. The number of rotatable bonds is 3. The summed E-state index contributed by atoms with van der Waals surface area (Å²) in [6, 6.07) is 5.78. The summed E-state index contributed by atoms with van der Waals surface area (Å²) in [5.41, 5.74) is 2.38. The van der Waals surface area contributed by atoms with E-state index in [4.69, 9.17) is 0 Å². The van der Waals surface area contributed by atoms with E-state index in [9.17, 15) is 4.79 Å². The number of carbonyl (C=O) groups is 1. The van der Waals surface area contributed by atoms with Gasteiger partial charge in [-0.2, -0.15) is 5.10 Å². The van der Waals surface area contributed by atoms with Gasteiger partial charge in [-0.25, -0.2) is 4.98 Å². The van der Waals surface area contributed by atoms with E-state index in [1.165, 1.54) is 11.3 Å². The Kier molecular flexibility index (Phi) is 3.86. The van der Waals surface area contributed by atoms with Crippen LogP contribution in [0.1, 0.15) is 34.9 Å². The fourth-order valence-electron chi connectivity index (χ4n) is 3.09. The quantitative estimate of drug-likeness (QED) is 0.736. The maximum absolute atomic E-state index is 12.9. The first-order chi connectivity index (χ1) is 11.7. The minimum Gasteiger partial charge on any atom is -0.330 e. The molecule has 0 aliphatic carbocycles. The summed E-state index contributed by atoms with van der Waals surface area (Å²) in [5, 5.41) is 6.83. The van der Waals surface area contributed by atoms with Crippen LogP contribution in [0.25, 0.3) is 10.7 Å². The van der Waals surface area contributed by atoms with E-state index in [0.29, 0.717) is 5.69 Å². The molecule has 122 valence electrons. The summed E-state index contributed by atoms with van der Waals surface area (Å²) in [6.45, 7) is 0.759. The van der Waals surface area contributed by atoms with E-state index in [1.807, 2.05) is 47.9 Å². The van der Waals surface area contributed by atoms with Crippen molar-refractivity contribution in [2.45, 2.75) is 18.9 Å². The predicted molar refractivity (Wildman–Crippen MR) is 91.6 cm³/mol. The SMILES string of the molecule is Cn1cc(C2CCCN2C(=O)c2csc(-c3ccccn3)n2)cn1. The lowest BCUT2D eigenvalue weighted by Crippen LogP contribution is -2.30. The highest BCUT2D eigenvalue weighted by atomic mass is 32.1. The summed E-state index contributed by atoms with van der Waals surface area (Å²) in [5.74, 6) is -0.0141. The molecule has 1 unspecified atom stereocenters. The third-order valence-corrected chi connectivity index (χ3v) is 5.10. The normalized spacial score (nSPS) is 17.4. The Labute approximate surface area is 143 Å². The summed E-state index contributed by atoms with van der Waals surface area (Å²) < 4.78 is 1.78. The predicted octanol–water partition coefficient (Wildman–Crippen LogP) is 2.92. The molecule has 4 rings (SSSR count). The molecule has 6 nitrogen and oxygen atoms in total. The van der Waals surface area contributed by atoms with Gasteiger partial charge in [0.2, 0.25) is 0 Å². The summed E-state index contributed by atoms with van der Waals surface area (Å²) in [7, 11) is 1.89. The van der Waals surface area contributed by atoms with E-state index < -0.39 is 0 Å². The molecule has 1 fully saturated rings. The van der Waals surface area contributed by atoms with Crippen LogP contribution >= 0.6 is 11.3 Å². The molecule has 1 atom stereocenters. The first-order valence-corrected chi connectivity index (χ1v) is 8.77. The van der Waals surface area contributed by atoms with Gasteiger partial charge in [0, 0.05) is 36.9 Å². The molecule has 4 heterocycles. The standard InChI is InChI=1S/C17H17N5OS/c1-21-10-12(9-19-21)15-6-4-8-22(15)17(23)14-11-24-16(20-14)13-5-2-3-7-18-13/h2-3,5,7,9-11,15H,4,6,8H2,1H3. The smallest absolute Gasteiger partial charge is 0.273 e. The number of nitrogens with zero attached hydrogens (tertiary/aromatic N) is 5. The van der Waals surface area contributed by atoms with Crippen LogP contribution in [0.4, 0.5) is 0 Å². The number of hydrogen-bond acceptors (Lipinski definition) is 5. The molecule has 1 aliphatic heterocycles. The molecule has 0 aromatic carbocycles. The van der Waals surface area contributed by atoms with Crippen LogP contribution in [0.2, 0.25) is 0 Å². The van der Waals surface area contributed by atoms with Crippen LogP contribution in [-0.2, 0) is 7.05 Å². The first kappa shape index (κ1) is 15.0. The maximum atomic E-state index is 12.9. The van der Waals surface area contributed by atoms with Gasteiger partial charge in [-0.3, -0.25) is 14.5 Å². The van der Waals surface area contributed by atoms with Gasteiger partial charge in [-0.05, 0) is 25.0 Å². The lowest BCUT2D eigenvalue weighted by Gasteiger charge is -2.22. The molecule has 3 aromatic heterocycles. The van der Waals surface area contributed by atoms with E-state index in [2.05, 4.69) is 15.1 Å². The van der Waals surface area contributed by atoms with E-state index in [0.717, 1.165) is 35.7 Å². The van der Waals surface area contributed by atoms with Gasteiger partial charge >= 0.3 is 0 Å². The summed E-state index contributed by atoms with van der Waals surface area (Å²) in [4.78, 5) is 23.6. The van der Waals surface area contributed by atoms with Gasteiger partial charge in [0.05, 0.1) is 17.9 Å². The van der Waals surface area contributed by atoms with Crippen molar-refractivity contribution in [1.29, 1.82) is 0 Å². The van der Waals surface area contributed by atoms with Crippen molar-refractivity contribution in [1.82, 2.24) is 24.6 Å². The molecule has 3 aromatic rings. The van der Waals surface area contributed by atoms with Crippen molar-refractivity contribution in [3.05, 3.63) is 53.4 Å². The van der Waals surface area contributed by atoms with Crippen LogP contribution in [0.5, 0.6) is 0 Å². The highest BCUT2D eigenvalue weighted by Gasteiger charge is 2.32. The van der Waals surface area contributed by atoms with Gasteiger partial charge in [0.25, 0.3) is 5.91 Å². The highest BCUT2D eigenvalue weighted by Crippen LogP contribution is 2.33. The van der Waals surface area contributed by atoms with Crippen molar-refractivity contribution in [2.75, 3.05) is 6.54 Å². The lowest BCUT2D eigenvalue weighted by atomic mass is 10.1. The third kappa shape index (κ3) is 2.71. The zero-order chi connectivity index (χ0) is 16.5. The minimum absolute atomic E-state index is 0.0141. The average molecular weight is 339 g/mol. The summed E-state index contributed by atoms with van der Waals surface area (Å²) in [6.07, 6.45) is 7.53. The monoisotopic (exact) mass is 339 g/mol. The number of amides is 1. The minimum atomic E-state index is -0.0141. The summed E-state index contributed by atoms with van der Waals surface area (Å²) >= 11 is 1.45. The molecular weight excluding hydrogens is 322 g/mol. The van der Waals surface area contributed by atoms with Crippen LogP contribution in [0.3, 0.4) is 0 Å². The zero-order valence-corrected chi connectivity index (χ0v) is 14.1. The molecule has 7 heteroatoms. The number of pyridine rings is 1. The van der Waals surface area contributed by atoms with Crippen molar-refractivity contribution in [2.24, 2.45) is 7.05 Å². The average Bonchev–Trinajstić information content (AvgIpc) is 3.35. The van der Waals surface area contributed by atoms with E-state index in [1.54, 1.807) is 10.9 Å². The number of thiazole rings is 1. The van der Waals surface area contributed by atoms with Gasteiger partial charge in [-0.15, -0.1) is 11.3 Å². The fraction of sp³-hybridized carbons (Fsp3) is 0.294. The third-order valence-electron chi connectivity index (χ3n) is 4.23. The Hall–Kier alpha value is -2.54. The maximum Gasteiger partial charge on any atom is 0.273 e. The molecule has 0 spiro atoms. The Bertz CT molecular complexity index is 857. The molecule has 0 saturated carbocycles. The molecule has 1 aliphatic rings. The van der Waals surface area contributed by atoms with Crippen LogP contribution < -0.4 is 0 Å². The number of aryl methyl sites for hydroxylation is 1. The molecule has 0 N–H and O–H groups in total. The molecule has 1 amide bonds. The van der Waals surface area contributed by atoms with Crippen molar-refractivity contribution in [3.8, 4) is 10.7 Å². The largest absolute Gasteiger partial charge is 0.330 e. The van der Waals surface area contributed by atoms with Gasteiger partial charge in [0.1, 0.15) is 10.7 Å². The van der Waals surface area contributed by atoms with E-state index in [-0.39, 0.29) is 11.9 Å².